The molecule has 1 aliphatic heterocycles. The van der Waals surface area contributed by atoms with E-state index in [2.05, 4.69) is 4.99 Å². The molecule has 0 amide bonds. The molecule has 0 bridgehead atoms. The summed E-state index contributed by atoms with van der Waals surface area (Å²) in [6.07, 6.45) is 1.82. The van der Waals surface area contributed by atoms with E-state index < -0.39 is 23.1 Å². The first-order valence-electron chi connectivity index (χ1n) is 11.6. The van der Waals surface area contributed by atoms with Crippen molar-refractivity contribution in [1.29, 1.82) is 0 Å². The maximum absolute atomic E-state index is 13.7. The summed E-state index contributed by atoms with van der Waals surface area (Å²) in [7, 11) is 5.95. The van der Waals surface area contributed by atoms with Gasteiger partial charge in [0.25, 0.3) is 0 Å². The van der Waals surface area contributed by atoms with E-state index in [4.69, 9.17) is 35.3 Å². The molecule has 0 saturated carbocycles. The molecule has 1 heterocycles. The average molecular weight is 530 g/mol. The van der Waals surface area contributed by atoms with Crippen LogP contribution in [0.15, 0.2) is 40.6 Å². The minimum atomic E-state index is -1.83. The number of hydrogen-bond acceptors (Lipinski definition) is 9. The summed E-state index contributed by atoms with van der Waals surface area (Å²) in [4.78, 5) is 30.9. The number of aliphatic hydroxyl groups is 1. The molecule has 4 rings (SSSR count). The van der Waals surface area contributed by atoms with Crippen molar-refractivity contribution in [3.05, 3.63) is 51.7 Å². The van der Waals surface area contributed by atoms with Crippen molar-refractivity contribution in [3.8, 4) is 28.7 Å². The predicted octanol–water partition coefficient (Wildman–Crippen LogP) is 4.42. The third kappa shape index (κ3) is 4.27. The van der Waals surface area contributed by atoms with Crippen molar-refractivity contribution < 1.29 is 38.4 Å². The monoisotopic (exact) mass is 529 g/mol. The van der Waals surface area contributed by atoms with E-state index in [1.54, 1.807) is 27.2 Å². The Morgan fingerprint density at radius 1 is 1.05 bits per heavy atom. The summed E-state index contributed by atoms with van der Waals surface area (Å²) < 4.78 is 27.3. The SMILES string of the molecule is COc1ccc(CCN=CC2=C(O)C3(Oc4c(Cl)c(OC)cc(OC)c4C3=O)C(C)CC2=O)cc1OC. The number of methoxy groups -OCH3 is 4. The van der Waals surface area contributed by atoms with E-state index in [0.29, 0.717) is 24.5 Å². The van der Waals surface area contributed by atoms with Gasteiger partial charge < -0.3 is 28.8 Å². The molecule has 2 aromatic carbocycles. The molecular weight excluding hydrogens is 502 g/mol. The second kappa shape index (κ2) is 10.3. The van der Waals surface area contributed by atoms with Crippen LogP contribution in [0.4, 0.5) is 0 Å². The van der Waals surface area contributed by atoms with Crippen molar-refractivity contribution in [1.82, 2.24) is 0 Å². The predicted molar refractivity (Wildman–Crippen MR) is 137 cm³/mol. The third-order valence-corrected chi connectivity index (χ3v) is 7.07. The van der Waals surface area contributed by atoms with Crippen molar-refractivity contribution in [2.75, 3.05) is 35.0 Å². The molecule has 196 valence electrons. The number of fused-ring (bicyclic) bond motifs is 1. The Kier molecular flexibility index (Phi) is 7.36. The minimum Gasteiger partial charge on any atom is -0.507 e. The number of benzene rings is 2. The number of halogens is 1. The number of rotatable bonds is 8. The lowest BCUT2D eigenvalue weighted by Crippen LogP contribution is -2.52. The quantitative estimate of drug-likeness (QED) is 0.500. The van der Waals surface area contributed by atoms with Crippen LogP contribution >= 0.6 is 11.6 Å². The Labute approximate surface area is 219 Å². The normalized spacial score (nSPS) is 20.9. The first kappa shape index (κ1) is 26.3. The van der Waals surface area contributed by atoms with E-state index in [1.807, 2.05) is 12.1 Å². The highest BCUT2D eigenvalue weighted by Gasteiger charge is 2.60. The van der Waals surface area contributed by atoms with Gasteiger partial charge in [-0.1, -0.05) is 24.6 Å². The summed E-state index contributed by atoms with van der Waals surface area (Å²) in [5.41, 5.74) is -0.863. The molecule has 0 aromatic heterocycles. The fraction of sp³-hybridized carbons (Fsp3) is 0.370. The maximum Gasteiger partial charge on any atom is 0.231 e. The van der Waals surface area contributed by atoms with Crippen LogP contribution in [-0.2, 0) is 11.2 Å². The number of Topliss-reactive ketones (excluding diaryl/α,β-unsaturated/α-hetero) is 2. The highest BCUT2D eigenvalue weighted by molar-refractivity contribution is 6.35. The van der Waals surface area contributed by atoms with Crippen LogP contribution < -0.4 is 23.7 Å². The van der Waals surface area contributed by atoms with Gasteiger partial charge in [0, 0.05) is 31.2 Å². The zero-order chi connectivity index (χ0) is 26.9. The molecule has 2 unspecified atom stereocenters. The van der Waals surface area contributed by atoms with Crippen molar-refractivity contribution in [3.63, 3.8) is 0 Å². The van der Waals surface area contributed by atoms with Crippen LogP contribution in [-0.4, -0.2) is 63.5 Å². The number of ketones is 2. The average Bonchev–Trinajstić information content (AvgIpc) is 3.22. The Bertz CT molecular complexity index is 1320. The van der Waals surface area contributed by atoms with E-state index in [9.17, 15) is 14.7 Å². The van der Waals surface area contributed by atoms with Gasteiger partial charge in [-0.15, -0.1) is 0 Å². The van der Waals surface area contributed by atoms with Crippen LogP contribution in [0.3, 0.4) is 0 Å². The number of nitrogens with zero attached hydrogens (tertiary/aromatic N) is 1. The summed E-state index contributed by atoms with van der Waals surface area (Å²) >= 11 is 6.45. The molecule has 10 heteroatoms. The van der Waals surface area contributed by atoms with Crippen LogP contribution in [0, 0.1) is 5.92 Å². The Morgan fingerprint density at radius 3 is 2.38 bits per heavy atom. The molecule has 9 nitrogen and oxygen atoms in total. The molecule has 1 spiro atoms. The Morgan fingerprint density at radius 2 is 1.73 bits per heavy atom. The molecule has 37 heavy (non-hydrogen) atoms. The van der Waals surface area contributed by atoms with Gasteiger partial charge in [-0.25, -0.2) is 0 Å². The van der Waals surface area contributed by atoms with Crippen LogP contribution in [0.5, 0.6) is 28.7 Å². The van der Waals surface area contributed by atoms with Crippen molar-refractivity contribution in [2.45, 2.75) is 25.4 Å². The molecule has 0 fully saturated rings. The summed E-state index contributed by atoms with van der Waals surface area (Å²) in [6.45, 7) is 1.99. The summed E-state index contributed by atoms with van der Waals surface area (Å²) in [5, 5.41) is 11.4. The standard InChI is InChI=1S/C27H28ClNO8/c1-14-10-17(30)16(13-29-9-8-15-6-7-18(33-2)19(11-15)34-3)25(31)27(14)26(32)22-20(35-4)12-21(36-5)23(28)24(22)37-27/h6-7,11-14,31H,8-10H2,1-5H3. The molecular formula is C27H28ClNO8. The molecule has 1 aliphatic carbocycles. The van der Waals surface area contributed by atoms with Gasteiger partial charge in [0.05, 0.1) is 34.0 Å². The smallest absolute Gasteiger partial charge is 0.231 e. The number of hydrogen-bond donors (Lipinski definition) is 1. The zero-order valence-electron chi connectivity index (χ0n) is 21.2. The highest BCUT2D eigenvalue weighted by Crippen LogP contribution is 2.54. The van der Waals surface area contributed by atoms with Gasteiger partial charge in [-0.3, -0.25) is 14.6 Å². The summed E-state index contributed by atoms with van der Waals surface area (Å²) in [5.74, 6) is -0.341. The number of ether oxygens (including phenoxy) is 5. The van der Waals surface area contributed by atoms with Crippen LogP contribution in [0.2, 0.25) is 5.02 Å². The number of aliphatic hydroxyl groups excluding tert-OH is 1. The number of aliphatic imine (C=N–C) groups is 1. The lowest BCUT2D eigenvalue weighted by Gasteiger charge is -2.36. The lowest BCUT2D eigenvalue weighted by molar-refractivity contribution is -0.118. The minimum absolute atomic E-state index is 0.0299. The number of carbonyl (C=O) groups excluding carboxylic acids is 2. The molecule has 1 N–H and O–H groups in total. The highest BCUT2D eigenvalue weighted by atomic mass is 35.5. The topological polar surface area (TPSA) is 113 Å². The van der Waals surface area contributed by atoms with Gasteiger partial charge in [0.1, 0.15) is 22.1 Å². The van der Waals surface area contributed by atoms with E-state index in [1.165, 1.54) is 26.5 Å². The number of carbonyl (C=O) groups is 2. The zero-order valence-corrected chi connectivity index (χ0v) is 22.0. The van der Waals surface area contributed by atoms with E-state index in [0.717, 1.165) is 5.56 Å². The third-order valence-electron chi connectivity index (χ3n) is 6.71. The van der Waals surface area contributed by atoms with Gasteiger partial charge >= 0.3 is 0 Å². The molecule has 0 radical (unpaired) electrons. The van der Waals surface area contributed by atoms with Crippen LogP contribution in [0.1, 0.15) is 29.3 Å². The second-order valence-electron chi connectivity index (χ2n) is 8.73. The fourth-order valence-electron chi connectivity index (χ4n) is 4.70. The Hall–Kier alpha value is -3.72. The van der Waals surface area contributed by atoms with E-state index in [-0.39, 0.29) is 45.6 Å². The van der Waals surface area contributed by atoms with Gasteiger partial charge in [0.2, 0.25) is 11.4 Å². The molecule has 2 aliphatic rings. The maximum atomic E-state index is 13.7. The first-order valence-corrected chi connectivity index (χ1v) is 12.0. The van der Waals surface area contributed by atoms with Crippen molar-refractivity contribution in [2.24, 2.45) is 10.9 Å². The van der Waals surface area contributed by atoms with Gasteiger partial charge in [-0.2, -0.15) is 0 Å². The van der Waals surface area contributed by atoms with E-state index >= 15 is 0 Å². The van der Waals surface area contributed by atoms with Crippen molar-refractivity contribution >= 4 is 29.4 Å². The lowest BCUT2D eigenvalue weighted by atomic mass is 9.73. The van der Waals surface area contributed by atoms with Gasteiger partial charge in [-0.05, 0) is 24.1 Å². The molecule has 2 aromatic rings. The summed E-state index contributed by atoms with van der Waals surface area (Å²) in [6, 6.07) is 7.03. The Balaban J connectivity index is 1.65. The number of allylic oxidation sites excluding steroid dienone is 1. The van der Waals surface area contributed by atoms with Gasteiger partial charge in [0.15, 0.2) is 28.8 Å². The second-order valence-corrected chi connectivity index (χ2v) is 9.11. The molecule has 2 atom stereocenters. The largest absolute Gasteiger partial charge is 0.507 e. The molecule has 0 saturated heterocycles. The first-order chi connectivity index (χ1) is 17.7. The fourth-order valence-corrected chi connectivity index (χ4v) is 4.96. The van der Waals surface area contributed by atoms with Crippen LogP contribution in [0.25, 0.3) is 0 Å².